The van der Waals surface area contributed by atoms with Crippen LogP contribution in [0.25, 0.3) is 28.0 Å². The summed E-state index contributed by atoms with van der Waals surface area (Å²) in [5.41, 5.74) is 5.00. The third-order valence-corrected chi connectivity index (χ3v) is 5.70. The van der Waals surface area contributed by atoms with Crippen molar-refractivity contribution in [1.82, 2.24) is 24.7 Å². The second kappa shape index (κ2) is 9.34. The lowest BCUT2D eigenvalue weighted by Crippen LogP contribution is -2.11. The van der Waals surface area contributed by atoms with Gasteiger partial charge in [-0.15, -0.1) is 0 Å². The van der Waals surface area contributed by atoms with Gasteiger partial charge in [-0.05, 0) is 38.0 Å². The van der Waals surface area contributed by atoms with Crippen molar-refractivity contribution in [3.8, 4) is 17.1 Å². The Morgan fingerprint density at radius 1 is 1.00 bits per heavy atom. The molecule has 0 aliphatic carbocycles. The Balaban J connectivity index is 1.62. The molecular weight excluding hydrogens is 440 g/mol. The molecule has 35 heavy (non-hydrogen) atoms. The van der Waals surface area contributed by atoms with Crippen LogP contribution in [0.2, 0.25) is 0 Å². The summed E-state index contributed by atoms with van der Waals surface area (Å²) in [6.07, 6.45) is 2.97. The predicted molar refractivity (Wildman–Crippen MR) is 135 cm³/mol. The van der Waals surface area contributed by atoms with Crippen LogP contribution in [0.5, 0.6) is 0 Å². The normalized spacial score (nSPS) is 10.9. The lowest BCUT2D eigenvalue weighted by Gasteiger charge is -2.13. The number of hydrogen-bond donors (Lipinski definition) is 1. The van der Waals surface area contributed by atoms with E-state index in [2.05, 4.69) is 20.4 Å². The van der Waals surface area contributed by atoms with Crippen molar-refractivity contribution >= 4 is 28.5 Å². The number of nitrogens with zero attached hydrogens (tertiary/aromatic N) is 5. The fourth-order valence-corrected chi connectivity index (χ4v) is 3.97. The van der Waals surface area contributed by atoms with E-state index in [9.17, 15) is 4.79 Å². The van der Waals surface area contributed by atoms with Gasteiger partial charge in [0.2, 0.25) is 0 Å². The van der Waals surface area contributed by atoms with Crippen LogP contribution in [0.4, 0.5) is 11.6 Å². The maximum absolute atomic E-state index is 12.8. The van der Waals surface area contributed by atoms with Gasteiger partial charge < -0.3 is 10.1 Å². The summed E-state index contributed by atoms with van der Waals surface area (Å²) < 4.78 is 6.88. The Morgan fingerprint density at radius 3 is 2.63 bits per heavy atom. The summed E-state index contributed by atoms with van der Waals surface area (Å²) in [6.45, 7) is 6.08. The molecule has 0 spiro atoms. The number of rotatable bonds is 6. The molecule has 8 nitrogen and oxygen atoms in total. The summed E-state index contributed by atoms with van der Waals surface area (Å²) in [5.74, 6) is 1.04. The van der Waals surface area contributed by atoms with E-state index in [1.54, 1.807) is 11.6 Å². The minimum atomic E-state index is -0.479. The zero-order chi connectivity index (χ0) is 24.4. The average molecular weight is 465 g/mol. The number of aromatic nitrogens is 5. The van der Waals surface area contributed by atoms with Gasteiger partial charge in [0.15, 0.2) is 11.6 Å². The molecule has 0 unspecified atom stereocenters. The van der Waals surface area contributed by atoms with E-state index in [4.69, 9.17) is 9.72 Å². The largest absolute Gasteiger partial charge is 0.462 e. The number of para-hydroxylation sites is 1. The number of carbonyl (C=O) groups is 1. The van der Waals surface area contributed by atoms with Crippen molar-refractivity contribution in [2.75, 3.05) is 11.9 Å². The molecule has 0 bridgehead atoms. The fraction of sp³-hybridized carbons (Fsp3) is 0.148. The Kier molecular flexibility index (Phi) is 5.93. The summed E-state index contributed by atoms with van der Waals surface area (Å²) in [7, 11) is 0. The number of aryl methyl sites for hydroxylation is 2. The summed E-state index contributed by atoms with van der Waals surface area (Å²) in [6, 6.07) is 19.7. The smallest absolute Gasteiger partial charge is 0.343 e. The molecule has 0 radical (unpaired) electrons. The average Bonchev–Trinajstić information content (AvgIpc) is 3.29. The van der Waals surface area contributed by atoms with Crippen LogP contribution in [-0.2, 0) is 4.74 Å². The van der Waals surface area contributed by atoms with Gasteiger partial charge >= 0.3 is 5.97 Å². The van der Waals surface area contributed by atoms with E-state index in [-0.39, 0.29) is 12.2 Å². The first-order valence-electron chi connectivity index (χ1n) is 11.3. The van der Waals surface area contributed by atoms with Gasteiger partial charge in [0.1, 0.15) is 17.7 Å². The number of hydrogen-bond acceptors (Lipinski definition) is 7. The first-order chi connectivity index (χ1) is 17.0. The van der Waals surface area contributed by atoms with Gasteiger partial charge in [-0.25, -0.2) is 19.7 Å². The van der Waals surface area contributed by atoms with E-state index in [0.717, 1.165) is 33.3 Å². The number of benzene rings is 2. The molecule has 0 amide bonds. The van der Waals surface area contributed by atoms with E-state index >= 15 is 0 Å². The maximum Gasteiger partial charge on any atom is 0.343 e. The Labute approximate surface area is 202 Å². The molecule has 5 aromatic rings. The molecule has 1 N–H and O–H groups in total. The van der Waals surface area contributed by atoms with Crippen molar-refractivity contribution < 1.29 is 9.53 Å². The van der Waals surface area contributed by atoms with Crippen molar-refractivity contribution in [3.63, 3.8) is 0 Å². The van der Waals surface area contributed by atoms with Crippen LogP contribution in [0.15, 0.2) is 73.2 Å². The lowest BCUT2D eigenvalue weighted by molar-refractivity contribution is 0.0527. The summed E-state index contributed by atoms with van der Waals surface area (Å²) >= 11 is 0. The summed E-state index contributed by atoms with van der Waals surface area (Å²) in [5, 5.41) is 8.82. The van der Waals surface area contributed by atoms with Crippen molar-refractivity contribution in [3.05, 3.63) is 89.9 Å². The van der Waals surface area contributed by atoms with Crippen LogP contribution < -0.4 is 5.32 Å². The zero-order valence-corrected chi connectivity index (χ0v) is 19.7. The highest BCUT2D eigenvalue weighted by molar-refractivity contribution is 5.96. The SMILES string of the molecule is CCOC(=O)c1cnn(-c2cc(C)c3cccc(C)c3n2)c1Nc1cc(-c2ccccc2)ncn1. The minimum absolute atomic E-state index is 0.252. The molecule has 0 aliphatic heterocycles. The molecule has 0 aliphatic rings. The van der Waals surface area contributed by atoms with Crippen LogP contribution in [0, 0.1) is 13.8 Å². The third kappa shape index (κ3) is 4.33. The molecule has 0 fully saturated rings. The zero-order valence-electron chi connectivity index (χ0n) is 19.7. The Hall–Kier alpha value is -4.59. The van der Waals surface area contributed by atoms with Crippen molar-refractivity contribution in [1.29, 1.82) is 0 Å². The number of ether oxygens (including phenoxy) is 1. The number of pyridine rings is 1. The Bertz CT molecular complexity index is 1530. The highest BCUT2D eigenvalue weighted by Crippen LogP contribution is 2.28. The first kappa shape index (κ1) is 22.2. The van der Waals surface area contributed by atoms with Crippen molar-refractivity contribution in [2.24, 2.45) is 0 Å². The molecule has 0 saturated carbocycles. The fourth-order valence-electron chi connectivity index (χ4n) is 3.97. The van der Waals surface area contributed by atoms with Gasteiger partial charge in [0, 0.05) is 17.0 Å². The second-order valence-electron chi connectivity index (χ2n) is 8.09. The van der Waals surface area contributed by atoms with Crippen LogP contribution in [0.3, 0.4) is 0 Å². The highest BCUT2D eigenvalue weighted by atomic mass is 16.5. The predicted octanol–water partition coefficient (Wildman–Crippen LogP) is 5.41. The highest BCUT2D eigenvalue weighted by Gasteiger charge is 2.22. The number of anilines is 2. The third-order valence-electron chi connectivity index (χ3n) is 5.70. The van der Waals surface area contributed by atoms with Gasteiger partial charge in [-0.3, -0.25) is 0 Å². The molecule has 8 heteroatoms. The molecule has 0 atom stereocenters. The number of fused-ring (bicyclic) bond motifs is 1. The van der Waals surface area contributed by atoms with Gasteiger partial charge in [0.25, 0.3) is 0 Å². The quantitative estimate of drug-likeness (QED) is 0.336. The molecule has 3 heterocycles. The molecule has 3 aromatic heterocycles. The van der Waals surface area contributed by atoms with Gasteiger partial charge in [-0.1, -0.05) is 48.5 Å². The van der Waals surface area contributed by atoms with Gasteiger partial charge in [-0.2, -0.15) is 9.78 Å². The number of nitrogens with one attached hydrogen (secondary N) is 1. The lowest BCUT2D eigenvalue weighted by atomic mass is 10.1. The van der Waals surface area contributed by atoms with Crippen LogP contribution >= 0.6 is 0 Å². The number of esters is 1. The van der Waals surface area contributed by atoms with Gasteiger partial charge in [0.05, 0.1) is 24.0 Å². The Morgan fingerprint density at radius 2 is 1.83 bits per heavy atom. The molecule has 5 rings (SSSR count). The van der Waals surface area contributed by atoms with Crippen LogP contribution in [0.1, 0.15) is 28.4 Å². The first-order valence-corrected chi connectivity index (χ1v) is 11.3. The molecule has 2 aromatic carbocycles. The summed E-state index contributed by atoms with van der Waals surface area (Å²) in [4.78, 5) is 26.4. The topological polar surface area (TPSA) is 94.8 Å². The minimum Gasteiger partial charge on any atom is -0.462 e. The second-order valence-corrected chi connectivity index (χ2v) is 8.09. The molecule has 174 valence electrons. The molecule has 0 saturated heterocycles. The standard InChI is InChI=1S/C27H24N6O2/c1-4-35-27(34)21-15-30-33(24-13-18(3)20-12-8-9-17(2)25(20)32-24)26(21)31-23-14-22(28-16-29-23)19-10-6-5-7-11-19/h5-16H,4H2,1-3H3,(H,28,29,31). The van der Waals surface area contributed by atoms with Crippen molar-refractivity contribution in [2.45, 2.75) is 20.8 Å². The van der Waals surface area contributed by atoms with E-state index < -0.39 is 5.97 Å². The van der Waals surface area contributed by atoms with Crippen LogP contribution in [-0.4, -0.2) is 37.3 Å². The maximum atomic E-state index is 12.8. The molecular formula is C27H24N6O2. The monoisotopic (exact) mass is 464 g/mol. The van der Waals surface area contributed by atoms with E-state index in [0.29, 0.717) is 17.5 Å². The van der Waals surface area contributed by atoms with E-state index in [1.807, 2.05) is 74.5 Å². The number of carbonyl (C=O) groups excluding carboxylic acids is 1. The van der Waals surface area contributed by atoms with E-state index in [1.165, 1.54) is 12.5 Å².